The monoisotopic (exact) mass is 743 g/mol. The van der Waals surface area contributed by atoms with Crippen LogP contribution in [-0.4, -0.2) is 9.55 Å². The topological polar surface area (TPSA) is 47.3 Å². The number of furan rings is 1. The second-order valence-electron chi connectivity index (χ2n) is 14.8. The first-order valence-electron chi connectivity index (χ1n) is 19.5. The fraction of sp³-hybridized carbons (Fsp3) is 0. The number of aromatic nitrogens is 2. The van der Waals surface area contributed by atoms with Crippen LogP contribution in [0.15, 0.2) is 209 Å². The molecule has 12 rings (SSSR count). The molecule has 0 radical (unpaired) electrons. The van der Waals surface area contributed by atoms with Gasteiger partial charge >= 0.3 is 0 Å². The van der Waals surface area contributed by atoms with Crippen molar-refractivity contribution in [3.63, 3.8) is 0 Å². The fourth-order valence-electron chi connectivity index (χ4n) is 8.74. The van der Waals surface area contributed by atoms with E-state index in [4.69, 9.17) is 13.8 Å². The fourth-order valence-corrected chi connectivity index (χ4v) is 8.74. The zero-order chi connectivity index (χ0) is 38.2. The molecule has 9 aromatic carbocycles. The molecule has 0 aliphatic rings. The summed E-state index contributed by atoms with van der Waals surface area (Å²) in [5.74, 6) is 0.620. The van der Waals surface area contributed by atoms with Crippen molar-refractivity contribution in [2.24, 2.45) is 0 Å². The largest absolute Gasteiger partial charge is 0.456 e. The van der Waals surface area contributed by atoms with Gasteiger partial charge in [-0.2, -0.15) is 0 Å². The summed E-state index contributed by atoms with van der Waals surface area (Å²) in [7, 11) is 0. The van der Waals surface area contributed by atoms with Gasteiger partial charge in [-0.05, 0) is 108 Å². The highest BCUT2D eigenvalue weighted by Gasteiger charge is 2.20. The van der Waals surface area contributed by atoms with Crippen LogP contribution < -0.4 is 4.90 Å². The van der Waals surface area contributed by atoms with Gasteiger partial charge in [0.25, 0.3) is 0 Å². The van der Waals surface area contributed by atoms with Gasteiger partial charge in [-0.15, -0.1) is 0 Å². The Labute approximate surface area is 333 Å². The van der Waals surface area contributed by atoms with Crippen LogP contribution in [0.2, 0.25) is 0 Å². The molecule has 58 heavy (non-hydrogen) atoms. The highest BCUT2D eigenvalue weighted by atomic mass is 16.3. The number of hydrogen-bond donors (Lipinski definition) is 0. The predicted octanol–water partition coefficient (Wildman–Crippen LogP) is 14.8. The Balaban J connectivity index is 1.03. The third-order valence-electron chi connectivity index (χ3n) is 11.4. The summed E-state index contributed by atoms with van der Waals surface area (Å²) in [6.07, 6.45) is 0. The van der Waals surface area contributed by atoms with Crippen LogP contribution in [0.3, 0.4) is 0 Å². The smallest absolute Gasteiger partial charge is 0.227 e. The van der Waals surface area contributed by atoms with Gasteiger partial charge in [0.15, 0.2) is 5.58 Å². The van der Waals surface area contributed by atoms with Gasteiger partial charge in [-0.1, -0.05) is 109 Å². The number of para-hydroxylation sites is 3. The van der Waals surface area contributed by atoms with Crippen LogP contribution in [-0.2, 0) is 0 Å². The van der Waals surface area contributed by atoms with Gasteiger partial charge in [0.2, 0.25) is 5.89 Å². The van der Waals surface area contributed by atoms with Gasteiger partial charge in [0, 0.05) is 55.2 Å². The lowest BCUT2D eigenvalue weighted by molar-refractivity contribution is 0.620. The zero-order valence-electron chi connectivity index (χ0n) is 31.2. The van der Waals surface area contributed by atoms with Crippen LogP contribution in [0.25, 0.3) is 93.9 Å². The Morgan fingerprint density at radius 3 is 1.79 bits per heavy atom. The van der Waals surface area contributed by atoms with E-state index in [1.54, 1.807) is 0 Å². The Hall–Kier alpha value is -7.89. The molecular formula is C53H33N3O2. The number of hydrogen-bond acceptors (Lipinski definition) is 4. The molecule has 0 N–H and O–H groups in total. The molecule has 0 aliphatic carbocycles. The van der Waals surface area contributed by atoms with Crippen molar-refractivity contribution < 1.29 is 8.83 Å². The average Bonchev–Trinajstić information content (AvgIpc) is 3.99. The van der Waals surface area contributed by atoms with E-state index in [-0.39, 0.29) is 0 Å². The Bertz CT molecular complexity index is 3510. The third-order valence-corrected chi connectivity index (χ3v) is 11.4. The second kappa shape index (κ2) is 12.8. The summed E-state index contributed by atoms with van der Waals surface area (Å²) in [6.45, 7) is 0. The van der Waals surface area contributed by atoms with E-state index in [0.717, 1.165) is 88.8 Å². The molecule has 5 heteroatoms. The number of benzene rings is 9. The van der Waals surface area contributed by atoms with Crippen molar-refractivity contribution in [1.82, 2.24) is 9.55 Å². The maximum absolute atomic E-state index is 6.43. The summed E-state index contributed by atoms with van der Waals surface area (Å²) >= 11 is 0. The molecule has 0 spiro atoms. The normalized spacial score (nSPS) is 11.8. The molecule has 0 aliphatic heterocycles. The molecule has 3 heterocycles. The van der Waals surface area contributed by atoms with Crippen LogP contribution in [0.4, 0.5) is 17.1 Å². The number of fused-ring (bicyclic) bond motifs is 9. The first-order chi connectivity index (χ1) is 28.7. The first-order valence-corrected chi connectivity index (χ1v) is 19.5. The molecule has 5 nitrogen and oxygen atoms in total. The van der Waals surface area contributed by atoms with Gasteiger partial charge in [0.1, 0.15) is 16.7 Å². The minimum absolute atomic E-state index is 0.620. The van der Waals surface area contributed by atoms with Crippen molar-refractivity contribution in [3.05, 3.63) is 200 Å². The Morgan fingerprint density at radius 1 is 0.379 bits per heavy atom. The molecule has 272 valence electrons. The third kappa shape index (κ3) is 5.07. The number of rotatable bonds is 6. The number of oxazole rings is 1. The van der Waals surface area contributed by atoms with E-state index in [9.17, 15) is 0 Å². The summed E-state index contributed by atoms with van der Waals surface area (Å²) in [4.78, 5) is 7.31. The van der Waals surface area contributed by atoms with Crippen molar-refractivity contribution >= 4 is 82.7 Å². The minimum atomic E-state index is 0.620. The maximum atomic E-state index is 6.43. The average molecular weight is 744 g/mol. The lowest BCUT2D eigenvalue weighted by Gasteiger charge is -2.26. The van der Waals surface area contributed by atoms with E-state index in [0.29, 0.717) is 5.89 Å². The van der Waals surface area contributed by atoms with Gasteiger partial charge < -0.3 is 18.3 Å². The van der Waals surface area contributed by atoms with Gasteiger partial charge in [0.05, 0.1) is 11.0 Å². The molecular weight excluding hydrogens is 711 g/mol. The standard InChI is InChI=1S/C53H33N3O2/c1-3-13-35(14-4-1)53-54-52-43-20-8-7-17-40(43)44(33-51(52)58-53)34-23-25-37(26-24-34)55(39-28-30-50-46(32-39)42-19-10-12-22-49(42)57-50)38-27-29-48-45(31-38)41-18-9-11-21-47(41)56(48)36-15-5-2-6-16-36/h1-33H. The summed E-state index contributed by atoms with van der Waals surface area (Å²) in [5.41, 5.74) is 13.1. The molecule has 0 unspecified atom stereocenters. The molecule has 0 bridgehead atoms. The summed E-state index contributed by atoms with van der Waals surface area (Å²) < 4.78 is 15.1. The zero-order valence-corrected chi connectivity index (χ0v) is 31.2. The number of anilines is 3. The van der Waals surface area contributed by atoms with Gasteiger partial charge in [-0.3, -0.25) is 0 Å². The van der Waals surface area contributed by atoms with Crippen LogP contribution in [0.5, 0.6) is 0 Å². The quantitative estimate of drug-likeness (QED) is 0.170. The van der Waals surface area contributed by atoms with Crippen molar-refractivity contribution in [1.29, 1.82) is 0 Å². The Morgan fingerprint density at radius 2 is 0.983 bits per heavy atom. The van der Waals surface area contributed by atoms with E-state index in [2.05, 4.69) is 167 Å². The molecule has 3 aromatic heterocycles. The molecule has 0 atom stereocenters. The summed E-state index contributed by atoms with van der Waals surface area (Å²) in [5, 5.41) is 6.77. The molecule has 0 saturated heterocycles. The highest BCUT2D eigenvalue weighted by molar-refractivity contribution is 6.13. The van der Waals surface area contributed by atoms with Gasteiger partial charge in [-0.25, -0.2) is 4.98 Å². The highest BCUT2D eigenvalue weighted by Crippen LogP contribution is 2.43. The molecule has 0 saturated carbocycles. The lowest BCUT2D eigenvalue weighted by atomic mass is 9.97. The SMILES string of the molecule is c1ccc(-c2nc3c(cc(-c4ccc(N(c5ccc6oc7ccccc7c6c5)c5ccc6c(c5)c5ccccc5n6-c5ccccc5)cc4)c4ccccc43)o2)cc1. The molecule has 0 fully saturated rings. The van der Waals surface area contributed by atoms with E-state index < -0.39 is 0 Å². The minimum Gasteiger partial charge on any atom is -0.456 e. The molecule has 12 aromatic rings. The summed E-state index contributed by atoms with van der Waals surface area (Å²) in [6, 6.07) is 70.4. The Kier molecular flexibility index (Phi) is 7.16. The van der Waals surface area contributed by atoms with Crippen LogP contribution in [0, 0.1) is 0 Å². The lowest BCUT2D eigenvalue weighted by Crippen LogP contribution is -2.10. The maximum Gasteiger partial charge on any atom is 0.227 e. The van der Waals surface area contributed by atoms with Crippen molar-refractivity contribution in [3.8, 4) is 28.3 Å². The van der Waals surface area contributed by atoms with Crippen molar-refractivity contribution in [2.45, 2.75) is 0 Å². The van der Waals surface area contributed by atoms with Crippen LogP contribution in [0.1, 0.15) is 0 Å². The van der Waals surface area contributed by atoms with Crippen LogP contribution >= 0.6 is 0 Å². The number of nitrogens with zero attached hydrogens (tertiary/aromatic N) is 3. The first kappa shape index (κ1) is 32.4. The predicted molar refractivity (Wildman–Crippen MR) is 239 cm³/mol. The second-order valence-corrected chi connectivity index (χ2v) is 14.8. The van der Waals surface area contributed by atoms with E-state index >= 15 is 0 Å². The molecule has 0 amide bonds. The van der Waals surface area contributed by atoms with E-state index in [1.807, 2.05) is 42.5 Å². The van der Waals surface area contributed by atoms with Crippen molar-refractivity contribution in [2.75, 3.05) is 4.90 Å². The van der Waals surface area contributed by atoms with E-state index in [1.165, 1.54) is 16.3 Å².